The number of aromatic nitrogens is 3. The number of unbranched alkanes of at least 4 members (excludes halogenated alkanes) is 4. The first kappa shape index (κ1) is 68.6. The van der Waals surface area contributed by atoms with E-state index in [9.17, 15) is 28.8 Å². The van der Waals surface area contributed by atoms with Crippen LogP contribution >= 0.6 is 0 Å². The molecule has 6 N–H and O–H groups in total. The Bertz CT molecular complexity index is 3760. The smallest absolute Gasteiger partial charge is 0.407 e. The Morgan fingerprint density at radius 2 is 1.00 bits per heavy atom. The zero-order chi connectivity index (χ0) is 66.3. The van der Waals surface area contributed by atoms with Crippen molar-refractivity contribution < 1.29 is 38.2 Å². The summed E-state index contributed by atoms with van der Waals surface area (Å²) < 4.78 is 13.1. The lowest BCUT2D eigenvalue weighted by atomic mass is 9.87. The van der Waals surface area contributed by atoms with Gasteiger partial charge in [-0.25, -0.2) is 19.3 Å². The van der Waals surface area contributed by atoms with Crippen LogP contribution in [0.25, 0.3) is 28.2 Å². The van der Waals surface area contributed by atoms with E-state index in [1.807, 2.05) is 142 Å². The molecule has 2 unspecified atom stereocenters. The van der Waals surface area contributed by atoms with Crippen molar-refractivity contribution in [2.45, 2.75) is 141 Å². The zero-order valence-electron chi connectivity index (χ0n) is 54.7. The second-order valence-electron chi connectivity index (χ2n) is 23.4. The molecular formula is C72H88N14O8. The number of para-hydroxylation sites is 4. The first-order chi connectivity index (χ1) is 45.9. The maximum absolute atomic E-state index is 13.6. The quantitative estimate of drug-likeness (QED) is 0.0276. The highest BCUT2D eigenvalue weighted by molar-refractivity contribution is 6.00. The van der Waals surface area contributed by atoms with Gasteiger partial charge >= 0.3 is 12.2 Å². The molecule has 0 saturated carbocycles. The number of benzene rings is 6. The van der Waals surface area contributed by atoms with Crippen molar-refractivity contribution in [1.29, 1.82) is 0 Å². The Kier molecular flexibility index (Phi) is 24.9. The zero-order valence-corrected chi connectivity index (χ0v) is 54.7. The summed E-state index contributed by atoms with van der Waals surface area (Å²) in [7, 11) is 6.76. The minimum Gasteiger partial charge on any atom is -0.445 e. The summed E-state index contributed by atoms with van der Waals surface area (Å²) in [4.78, 5) is 79.9. The Hall–Kier alpha value is -9.80. The van der Waals surface area contributed by atoms with Crippen molar-refractivity contribution in [3.8, 4) is 28.2 Å². The van der Waals surface area contributed by atoms with Crippen LogP contribution in [0.2, 0.25) is 0 Å². The molecule has 0 fully saturated rings. The van der Waals surface area contributed by atoms with Gasteiger partial charge in [-0.1, -0.05) is 158 Å². The third kappa shape index (κ3) is 16.7. The third-order valence-corrected chi connectivity index (χ3v) is 17.3. The van der Waals surface area contributed by atoms with Gasteiger partial charge in [-0.15, -0.1) is 5.10 Å². The van der Waals surface area contributed by atoms with E-state index in [0.29, 0.717) is 64.0 Å². The van der Waals surface area contributed by atoms with Gasteiger partial charge in [0.2, 0.25) is 23.6 Å². The third-order valence-electron chi connectivity index (χ3n) is 17.3. The van der Waals surface area contributed by atoms with Gasteiger partial charge in [0.15, 0.2) is 0 Å². The predicted molar refractivity (Wildman–Crippen MR) is 364 cm³/mol. The van der Waals surface area contributed by atoms with E-state index in [1.54, 1.807) is 32.9 Å². The number of nitrogens with one attached hydrogen (secondary N) is 6. The molecule has 0 aliphatic carbocycles. The number of nitrogens with zero attached hydrogens (tertiary/aromatic N) is 8. The molecule has 7 aromatic rings. The maximum atomic E-state index is 13.6. The van der Waals surface area contributed by atoms with Gasteiger partial charge in [0.05, 0.1) is 42.2 Å². The standard InChI is InChI=1S/C36H43N7O4.C36H45N7O4/c1-4-5-21-32(44)42-23-25-14-6-8-16-27(25)34-33(28-17-9-11-20-31(28)42)40-41-43(34)30-19-10-7-15-26(30)24-47-36(46)39-22-13-12-18-29(37-2)35(45)38-3;1-4-5-21-32(44)42-23-25-14-6-8-16-27(25)33-34(28-17-9-11-20-31(28)42)43(41-40-33)30-19-10-7-15-26(30)24-47-36(46)39-22-13-12-18-29(37-2)35(45)38-3/h6-11,14-17,19-20,29,37H,4-5,12-13,18,21-24H2,1-3H3,(H,38,45)(H,39,46);6-11,14-17,19-20,29,33-34,37H,4-5,12-13,18,21-24H2,1-3H3,(H,38,45)(H,39,46)/t29-;29-,33?,34?/m00/s1. The highest BCUT2D eigenvalue weighted by Gasteiger charge is 2.42. The number of hydrogen-bond donors (Lipinski definition) is 6. The largest absolute Gasteiger partial charge is 0.445 e. The SMILES string of the molecule is CCCCC(=O)N1Cc2ccccc2-c2c(nnn2-c2ccccc2COC(=O)NCCCC[C@H](NC)C(=O)NC)-c2ccccc21.CCCCC(=O)N1Cc2ccccc2C2N=NN(c3ccccc3COC(=O)NCCCC[C@H](NC)C(=O)NC)C2c2ccccc21. The van der Waals surface area contributed by atoms with Crippen molar-refractivity contribution in [2.24, 2.45) is 10.3 Å². The molecule has 0 saturated heterocycles. The van der Waals surface area contributed by atoms with Gasteiger partial charge in [-0.2, -0.15) is 5.11 Å². The fourth-order valence-electron chi connectivity index (χ4n) is 12.2. The minimum absolute atomic E-state index is 0.0348. The van der Waals surface area contributed by atoms with Crippen LogP contribution in [0.5, 0.6) is 0 Å². The van der Waals surface area contributed by atoms with Crippen LogP contribution < -0.4 is 46.7 Å². The number of carbonyl (C=O) groups excluding carboxylic acids is 6. The summed E-state index contributed by atoms with van der Waals surface area (Å²) in [6, 6.07) is 46.3. The lowest BCUT2D eigenvalue weighted by Crippen LogP contribution is -2.41. The van der Waals surface area contributed by atoms with Crippen LogP contribution in [0.15, 0.2) is 156 Å². The Morgan fingerprint density at radius 1 is 0.521 bits per heavy atom. The second-order valence-corrected chi connectivity index (χ2v) is 23.4. The Balaban J connectivity index is 0.000000221. The van der Waals surface area contributed by atoms with E-state index in [2.05, 4.69) is 74.3 Å². The van der Waals surface area contributed by atoms with Crippen molar-refractivity contribution >= 4 is 52.9 Å². The summed E-state index contributed by atoms with van der Waals surface area (Å²) in [6.45, 7) is 6.04. The number of likely N-dealkylation sites (N-methyl/N-ethyl adjacent to an activating group) is 4. The van der Waals surface area contributed by atoms with E-state index in [0.717, 1.165) is 118 Å². The Labute approximate surface area is 550 Å². The topological polar surface area (TPSA) is 258 Å². The molecule has 0 radical (unpaired) electrons. The van der Waals surface area contributed by atoms with Gasteiger partial charge in [-0.3, -0.25) is 19.2 Å². The number of anilines is 3. The molecule has 6 amide bonds. The molecule has 1 aromatic heterocycles. The predicted octanol–water partition coefficient (Wildman–Crippen LogP) is 11.5. The van der Waals surface area contributed by atoms with Crippen molar-refractivity contribution in [3.63, 3.8) is 0 Å². The normalized spacial score (nSPS) is 14.8. The number of rotatable bonds is 26. The molecule has 0 bridgehead atoms. The summed E-state index contributed by atoms with van der Waals surface area (Å²) in [5.41, 5.74) is 12.0. The highest BCUT2D eigenvalue weighted by atomic mass is 16.6. The minimum atomic E-state index is -0.516. The van der Waals surface area contributed by atoms with Crippen molar-refractivity contribution in [1.82, 2.24) is 46.9 Å². The van der Waals surface area contributed by atoms with Gasteiger partial charge < -0.3 is 51.2 Å². The highest BCUT2D eigenvalue weighted by Crippen LogP contribution is 2.51. The average molecular weight is 1280 g/mol. The summed E-state index contributed by atoms with van der Waals surface area (Å²) in [5, 5.41) is 37.7. The van der Waals surface area contributed by atoms with Crippen molar-refractivity contribution in [3.05, 3.63) is 179 Å². The van der Waals surface area contributed by atoms with Gasteiger partial charge in [0.1, 0.15) is 36.7 Å². The van der Waals surface area contributed by atoms with Crippen LogP contribution in [0.3, 0.4) is 0 Å². The molecule has 3 aliphatic heterocycles. The molecule has 4 heterocycles. The van der Waals surface area contributed by atoms with E-state index in [4.69, 9.17) is 19.8 Å². The van der Waals surface area contributed by atoms with E-state index < -0.39 is 12.2 Å². The number of alkyl carbamates (subject to hydrolysis) is 2. The van der Waals surface area contributed by atoms with Gasteiger partial charge in [0.25, 0.3) is 0 Å². The number of amides is 6. The first-order valence-electron chi connectivity index (χ1n) is 32.8. The first-order valence-corrected chi connectivity index (χ1v) is 32.8. The van der Waals surface area contributed by atoms with Crippen molar-refractivity contribution in [2.75, 3.05) is 56.1 Å². The molecule has 3 aliphatic rings. The molecule has 494 valence electrons. The number of fused-ring (bicyclic) bond motifs is 10. The monoisotopic (exact) mass is 1280 g/mol. The van der Waals surface area contributed by atoms with Crippen LogP contribution in [-0.4, -0.2) is 104 Å². The summed E-state index contributed by atoms with van der Waals surface area (Å²) in [5.74, 6) is 0.0775. The molecule has 0 spiro atoms. The Morgan fingerprint density at radius 3 is 1.59 bits per heavy atom. The molecule has 94 heavy (non-hydrogen) atoms. The van der Waals surface area contributed by atoms with E-state index in [-0.39, 0.29) is 61.0 Å². The molecule has 10 rings (SSSR count). The summed E-state index contributed by atoms with van der Waals surface area (Å²) in [6.07, 6.45) is 7.80. The number of hydrogen-bond acceptors (Lipinski definition) is 15. The molecule has 22 nitrogen and oxygen atoms in total. The molecule has 22 heteroatoms. The fourth-order valence-corrected chi connectivity index (χ4v) is 12.2. The lowest BCUT2D eigenvalue weighted by molar-refractivity contribution is -0.123. The second kappa shape index (κ2) is 34.2. The van der Waals surface area contributed by atoms with Gasteiger partial charge in [-0.05, 0) is 106 Å². The average Bonchev–Trinajstić information content (AvgIpc) is 1.50. The van der Waals surface area contributed by atoms with Crippen LogP contribution in [0.1, 0.15) is 136 Å². The van der Waals surface area contributed by atoms with Crippen LogP contribution in [0, 0.1) is 0 Å². The van der Waals surface area contributed by atoms with Gasteiger partial charge in [0, 0.05) is 73.5 Å². The molecule has 6 aromatic carbocycles. The number of carbonyl (C=O) groups is 6. The van der Waals surface area contributed by atoms with E-state index >= 15 is 0 Å². The van der Waals surface area contributed by atoms with Crippen LogP contribution in [-0.2, 0) is 55.0 Å². The number of ether oxygens (including phenoxy) is 2. The lowest BCUT2D eigenvalue weighted by Gasteiger charge is -2.35. The maximum Gasteiger partial charge on any atom is 0.407 e. The van der Waals surface area contributed by atoms with E-state index in [1.165, 1.54) is 0 Å². The summed E-state index contributed by atoms with van der Waals surface area (Å²) >= 11 is 0. The molecular weight excluding hydrogens is 1190 g/mol. The fraction of sp³-hybridized carbons (Fsp3) is 0.389. The molecule has 4 atom stereocenters. The van der Waals surface area contributed by atoms with Crippen LogP contribution in [0.4, 0.5) is 26.7 Å².